The number of hydrogen-bond acceptors (Lipinski definition) is 3. The largest absolute Gasteiger partial charge is 0.308 e. The van der Waals surface area contributed by atoms with Gasteiger partial charge < -0.3 is 5.32 Å². The first-order valence-electron chi connectivity index (χ1n) is 6.32. The Labute approximate surface area is 106 Å². The number of likely N-dealkylation sites (N-methyl/N-ethyl adjacent to an activating group) is 1. The van der Waals surface area contributed by atoms with Crippen LogP contribution in [-0.4, -0.2) is 36.6 Å². The molecule has 0 heterocycles. The Morgan fingerprint density at radius 3 is 2.47 bits per heavy atom. The molecule has 0 radical (unpaired) electrons. The highest BCUT2D eigenvalue weighted by Gasteiger charge is 2.12. The summed E-state index contributed by atoms with van der Waals surface area (Å²) in [5.74, 6) is 0.0818. The number of nitrogens with one attached hydrogen (secondary N) is 1. The van der Waals surface area contributed by atoms with E-state index >= 15 is 0 Å². The fourth-order valence-corrected chi connectivity index (χ4v) is 1.50. The van der Waals surface area contributed by atoms with Crippen LogP contribution in [-0.2, 0) is 0 Å². The third-order valence-electron chi connectivity index (χ3n) is 2.52. The number of hydrogen-bond donors (Lipinski definition) is 1. The van der Waals surface area contributed by atoms with E-state index in [0.29, 0.717) is 0 Å². The van der Waals surface area contributed by atoms with Crippen molar-refractivity contribution in [3.8, 4) is 6.07 Å². The van der Waals surface area contributed by atoms with Crippen LogP contribution >= 0.6 is 0 Å². The summed E-state index contributed by atoms with van der Waals surface area (Å²) in [5.41, 5.74) is 1.30. The van der Waals surface area contributed by atoms with Crippen molar-refractivity contribution >= 4 is 0 Å². The van der Waals surface area contributed by atoms with Crippen molar-refractivity contribution in [3.63, 3.8) is 0 Å². The molecule has 0 fully saturated rings. The summed E-state index contributed by atoms with van der Waals surface area (Å²) in [6.07, 6.45) is 0. The molecule has 0 aromatic heterocycles. The van der Waals surface area contributed by atoms with Gasteiger partial charge in [-0.2, -0.15) is 5.26 Å². The normalized spacial score (nSPS) is 13.5. The molecular weight excluding hydrogens is 210 g/mol. The van der Waals surface area contributed by atoms with Gasteiger partial charge in [-0.1, -0.05) is 13.5 Å². The van der Waals surface area contributed by atoms with E-state index in [0.717, 1.165) is 26.2 Å². The maximum absolute atomic E-state index is 8.81. The third kappa shape index (κ3) is 8.91. The van der Waals surface area contributed by atoms with Gasteiger partial charge in [-0.15, -0.1) is 0 Å². The zero-order valence-electron chi connectivity index (χ0n) is 12.0. The summed E-state index contributed by atoms with van der Waals surface area (Å²) in [7, 11) is 0. The molecule has 0 rings (SSSR count). The molecule has 0 aromatic rings. The summed E-state index contributed by atoms with van der Waals surface area (Å²) in [4.78, 5) is 2.26. The standard InChI is InChI=1S/C14H27N3/c1-7-17(10-12(2)8-15)11-13(3)9-16-14(4,5)6/h12,16H,3,7,9-11H2,1-2,4-6H3. The van der Waals surface area contributed by atoms with Crippen molar-refractivity contribution in [2.45, 2.75) is 40.2 Å². The number of nitrogens with zero attached hydrogens (tertiary/aromatic N) is 2. The minimum Gasteiger partial charge on any atom is -0.308 e. The smallest absolute Gasteiger partial charge is 0.0666 e. The van der Waals surface area contributed by atoms with Gasteiger partial charge >= 0.3 is 0 Å². The molecule has 17 heavy (non-hydrogen) atoms. The SMILES string of the molecule is C=C(CNC(C)(C)C)CN(CC)CC(C)C#N. The van der Waals surface area contributed by atoms with E-state index in [1.54, 1.807) is 0 Å². The molecule has 0 saturated carbocycles. The lowest BCUT2D eigenvalue weighted by atomic mass is 10.1. The van der Waals surface area contributed by atoms with Crippen molar-refractivity contribution < 1.29 is 0 Å². The lowest BCUT2D eigenvalue weighted by molar-refractivity contribution is 0.286. The molecule has 0 aromatic carbocycles. The highest BCUT2D eigenvalue weighted by atomic mass is 15.1. The third-order valence-corrected chi connectivity index (χ3v) is 2.52. The van der Waals surface area contributed by atoms with Gasteiger partial charge in [0.05, 0.1) is 12.0 Å². The van der Waals surface area contributed by atoms with Crippen molar-refractivity contribution in [1.29, 1.82) is 5.26 Å². The van der Waals surface area contributed by atoms with Gasteiger partial charge in [0.15, 0.2) is 0 Å². The lowest BCUT2D eigenvalue weighted by Crippen LogP contribution is -2.39. The van der Waals surface area contributed by atoms with Crippen molar-refractivity contribution in [1.82, 2.24) is 10.2 Å². The summed E-state index contributed by atoms with van der Waals surface area (Å²) >= 11 is 0. The molecule has 0 bridgehead atoms. The van der Waals surface area contributed by atoms with Crippen molar-refractivity contribution in [2.24, 2.45) is 5.92 Å². The molecule has 0 aliphatic rings. The molecular formula is C14H27N3. The molecule has 1 atom stereocenters. The quantitative estimate of drug-likeness (QED) is 0.691. The van der Waals surface area contributed by atoms with Crippen LogP contribution in [0.3, 0.4) is 0 Å². The van der Waals surface area contributed by atoms with E-state index in [-0.39, 0.29) is 11.5 Å². The van der Waals surface area contributed by atoms with Crippen molar-refractivity contribution in [2.75, 3.05) is 26.2 Å². The van der Waals surface area contributed by atoms with Gasteiger partial charge in [0.25, 0.3) is 0 Å². The van der Waals surface area contributed by atoms with E-state index in [4.69, 9.17) is 5.26 Å². The first-order chi connectivity index (χ1) is 7.78. The molecule has 1 unspecified atom stereocenters. The van der Waals surface area contributed by atoms with Gasteiger partial charge in [0.1, 0.15) is 0 Å². The van der Waals surface area contributed by atoms with E-state index in [1.807, 2.05) is 6.92 Å². The van der Waals surface area contributed by atoms with E-state index < -0.39 is 0 Å². The maximum Gasteiger partial charge on any atom is 0.0666 e. The fourth-order valence-electron chi connectivity index (χ4n) is 1.50. The van der Waals surface area contributed by atoms with Gasteiger partial charge in [-0.25, -0.2) is 0 Å². The zero-order chi connectivity index (χ0) is 13.5. The molecule has 1 N–H and O–H groups in total. The predicted octanol–water partition coefficient (Wildman–Crippen LogP) is 2.41. The van der Waals surface area contributed by atoms with Crippen LogP contribution in [0.4, 0.5) is 0 Å². The molecule has 3 nitrogen and oxygen atoms in total. The Bertz CT molecular complexity index is 270. The predicted molar refractivity (Wildman–Crippen MR) is 73.8 cm³/mol. The van der Waals surface area contributed by atoms with Crippen LogP contribution < -0.4 is 5.32 Å². The summed E-state index contributed by atoms with van der Waals surface area (Å²) in [6.45, 7) is 18.1. The van der Waals surface area contributed by atoms with E-state index in [9.17, 15) is 0 Å². The van der Waals surface area contributed by atoms with E-state index in [1.165, 1.54) is 5.57 Å². The second-order valence-electron chi connectivity index (χ2n) is 5.71. The Morgan fingerprint density at radius 1 is 1.47 bits per heavy atom. The monoisotopic (exact) mass is 237 g/mol. The minimum atomic E-state index is 0.0818. The van der Waals surface area contributed by atoms with Crippen molar-refractivity contribution in [3.05, 3.63) is 12.2 Å². The van der Waals surface area contributed by atoms with Crippen LogP contribution in [0.15, 0.2) is 12.2 Å². The van der Waals surface area contributed by atoms with Gasteiger partial charge in [0.2, 0.25) is 0 Å². The van der Waals surface area contributed by atoms with Crippen LogP contribution in [0.5, 0.6) is 0 Å². The van der Waals surface area contributed by atoms with Gasteiger partial charge in [0, 0.05) is 25.2 Å². The Hall–Kier alpha value is -0.850. The average Bonchev–Trinajstić information content (AvgIpc) is 2.24. The minimum absolute atomic E-state index is 0.0818. The molecule has 0 aliphatic heterocycles. The number of rotatable bonds is 7. The van der Waals surface area contributed by atoms with E-state index in [2.05, 4.69) is 50.6 Å². The Kier molecular flexibility index (Phi) is 7.10. The molecule has 0 aliphatic carbocycles. The Balaban J connectivity index is 4.03. The molecule has 3 heteroatoms. The molecule has 0 saturated heterocycles. The second-order valence-corrected chi connectivity index (χ2v) is 5.71. The Morgan fingerprint density at radius 2 is 2.06 bits per heavy atom. The van der Waals surface area contributed by atoms with Gasteiger partial charge in [-0.05, 0) is 39.8 Å². The summed E-state index contributed by atoms with van der Waals surface area (Å²) < 4.78 is 0. The first kappa shape index (κ1) is 16.1. The molecule has 98 valence electrons. The summed E-state index contributed by atoms with van der Waals surface area (Å²) in [5, 5.41) is 12.2. The van der Waals surface area contributed by atoms with Gasteiger partial charge in [-0.3, -0.25) is 4.90 Å². The highest BCUT2D eigenvalue weighted by molar-refractivity contribution is 5.01. The average molecular weight is 237 g/mol. The topological polar surface area (TPSA) is 39.1 Å². The lowest BCUT2D eigenvalue weighted by Gasteiger charge is -2.25. The maximum atomic E-state index is 8.81. The number of nitriles is 1. The first-order valence-corrected chi connectivity index (χ1v) is 6.32. The van der Waals surface area contributed by atoms with Crippen LogP contribution in [0.1, 0.15) is 34.6 Å². The highest BCUT2D eigenvalue weighted by Crippen LogP contribution is 2.04. The second kappa shape index (κ2) is 7.47. The fraction of sp³-hybridized carbons (Fsp3) is 0.786. The van der Waals surface area contributed by atoms with Crippen LogP contribution in [0.2, 0.25) is 0 Å². The van der Waals surface area contributed by atoms with Crippen LogP contribution in [0, 0.1) is 17.2 Å². The summed E-state index contributed by atoms with van der Waals surface area (Å²) in [6, 6.07) is 2.27. The molecule has 0 spiro atoms. The molecule has 0 amide bonds. The van der Waals surface area contributed by atoms with Crippen LogP contribution in [0.25, 0.3) is 0 Å². The zero-order valence-corrected chi connectivity index (χ0v) is 12.0.